The summed E-state index contributed by atoms with van der Waals surface area (Å²) in [6, 6.07) is 6.29. The monoisotopic (exact) mass is 579 g/mol. The van der Waals surface area contributed by atoms with Gasteiger partial charge in [0.25, 0.3) is 12.3 Å². The molecule has 2 aliphatic rings. The standard InChI is InChI=1S/C21H17Cl2F2N3O6S2/c1-33-16-3-2-12(6-17(16)36(31,32)27-10-8-35-9-10)34-20-13(22)4-11(5-14(20)23)28-18(30)7-15(29)19(26-28)21(24)25/h2-6,10,21,27H,7-9H2,1H3. The Labute approximate surface area is 218 Å². The molecule has 1 amide bonds. The molecule has 2 aromatic rings. The van der Waals surface area contributed by atoms with E-state index in [2.05, 4.69) is 9.82 Å². The van der Waals surface area contributed by atoms with E-state index in [0.717, 1.165) is 0 Å². The normalized spacial score (nSPS) is 16.7. The molecule has 2 heterocycles. The molecule has 15 heteroatoms. The lowest BCUT2D eigenvalue weighted by Crippen LogP contribution is -2.43. The number of rotatable bonds is 8. The van der Waals surface area contributed by atoms with Crippen LogP contribution in [0.3, 0.4) is 0 Å². The zero-order valence-electron chi connectivity index (χ0n) is 18.3. The van der Waals surface area contributed by atoms with E-state index in [-0.39, 0.29) is 43.9 Å². The molecule has 0 bridgehead atoms. The van der Waals surface area contributed by atoms with Crippen LogP contribution >= 0.6 is 35.0 Å². The molecule has 0 aliphatic carbocycles. The van der Waals surface area contributed by atoms with Gasteiger partial charge in [0.15, 0.2) is 17.2 Å². The minimum Gasteiger partial charge on any atom is -0.495 e. The molecule has 0 saturated carbocycles. The highest BCUT2D eigenvalue weighted by molar-refractivity contribution is 8.01. The summed E-state index contributed by atoms with van der Waals surface area (Å²) < 4.78 is 65.4. The van der Waals surface area contributed by atoms with E-state index in [1.54, 1.807) is 11.8 Å². The summed E-state index contributed by atoms with van der Waals surface area (Å²) in [7, 11) is -2.59. The van der Waals surface area contributed by atoms with E-state index < -0.39 is 40.3 Å². The van der Waals surface area contributed by atoms with Crippen molar-refractivity contribution in [2.75, 3.05) is 23.6 Å². The van der Waals surface area contributed by atoms with Gasteiger partial charge in [0.1, 0.15) is 16.4 Å². The third-order valence-electron chi connectivity index (χ3n) is 5.08. The maximum atomic E-state index is 13.1. The summed E-state index contributed by atoms with van der Waals surface area (Å²) in [5.41, 5.74) is -1.11. The molecule has 2 aromatic carbocycles. The maximum Gasteiger partial charge on any atom is 0.285 e. The van der Waals surface area contributed by atoms with Gasteiger partial charge in [-0.05, 0) is 24.3 Å². The molecule has 1 saturated heterocycles. The molecule has 4 rings (SSSR count). The fourth-order valence-electron chi connectivity index (χ4n) is 3.29. The van der Waals surface area contributed by atoms with Gasteiger partial charge in [-0.1, -0.05) is 23.2 Å². The highest BCUT2D eigenvalue weighted by Gasteiger charge is 2.34. The van der Waals surface area contributed by atoms with Crippen LogP contribution in [0.5, 0.6) is 17.2 Å². The van der Waals surface area contributed by atoms with E-state index in [1.807, 2.05) is 0 Å². The van der Waals surface area contributed by atoms with Gasteiger partial charge in [0, 0.05) is 23.6 Å². The van der Waals surface area contributed by atoms with E-state index in [1.165, 1.54) is 37.4 Å². The number of amides is 1. The lowest BCUT2D eigenvalue weighted by Gasteiger charge is -2.26. The second-order valence-corrected chi connectivity index (χ2v) is 11.2. The van der Waals surface area contributed by atoms with Crippen LogP contribution in [0.2, 0.25) is 10.0 Å². The number of hydrazone groups is 1. The fourth-order valence-corrected chi connectivity index (χ4v) is 6.11. The molecule has 36 heavy (non-hydrogen) atoms. The van der Waals surface area contributed by atoms with Gasteiger partial charge in [-0.3, -0.25) is 9.59 Å². The highest BCUT2D eigenvalue weighted by Crippen LogP contribution is 2.41. The van der Waals surface area contributed by atoms with E-state index in [4.69, 9.17) is 32.7 Å². The average molecular weight is 580 g/mol. The first-order valence-corrected chi connectivity index (χ1v) is 13.6. The SMILES string of the molecule is COc1ccc(Oc2c(Cl)cc(N3N=C(C(F)F)C(=O)CC3=O)cc2Cl)cc1S(=O)(=O)NC1CSC1. The Morgan fingerprint density at radius 2 is 1.83 bits per heavy atom. The third kappa shape index (κ3) is 5.44. The third-order valence-corrected chi connectivity index (χ3v) is 8.46. The average Bonchev–Trinajstić information content (AvgIpc) is 2.78. The molecule has 2 aliphatic heterocycles. The fraction of sp³-hybridized carbons (Fsp3) is 0.286. The van der Waals surface area contributed by atoms with Crippen LogP contribution in [0.15, 0.2) is 40.3 Å². The number of ketones is 1. The van der Waals surface area contributed by atoms with Gasteiger partial charge in [0.05, 0.1) is 29.3 Å². The molecule has 0 aromatic heterocycles. The largest absolute Gasteiger partial charge is 0.495 e. The van der Waals surface area contributed by atoms with E-state index in [0.29, 0.717) is 16.5 Å². The van der Waals surface area contributed by atoms with Crippen LogP contribution in [0.1, 0.15) is 6.42 Å². The number of hydrogen-bond acceptors (Lipinski definition) is 8. The summed E-state index contributed by atoms with van der Waals surface area (Å²) in [4.78, 5) is 23.7. The first-order valence-electron chi connectivity index (χ1n) is 10.2. The molecule has 9 nitrogen and oxygen atoms in total. The Morgan fingerprint density at radius 3 is 2.39 bits per heavy atom. The van der Waals surface area contributed by atoms with Crippen LogP contribution in [-0.4, -0.2) is 56.9 Å². The minimum absolute atomic E-state index is 0.0615. The molecular formula is C21H17Cl2F2N3O6S2. The number of Topliss-reactive ketones (excluding diaryl/α,β-unsaturated/α-hetero) is 1. The minimum atomic E-state index is -3.92. The van der Waals surface area contributed by atoms with Crippen molar-refractivity contribution in [2.24, 2.45) is 5.10 Å². The van der Waals surface area contributed by atoms with Crippen LogP contribution in [0.4, 0.5) is 14.5 Å². The summed E-state index contributed by atoms with van der Waals surface area (Å²) >= 11 is 14.2. The molecular weight excluding hydrogens is 563 g/mol. The second kappa shape index (κ2) is 10.5. The van der Waals surface area contributed by atoms with Crippen molar-refractivity contribution in [3.63, 3.8) is 0 Å². The van der Waals surface area contributed by atoms with Gasteiger partial charge in [-0.2, -0.15) is 21.9 Å². The zero-order valence-corrected chi connectivity index (χ0v) is 21.5. The Bertz CT molecular complexity index is 1350. The summed E-state index contributed by atoms with van der Waals surface area (Å²) in [5.74, 6) is -0.518. The summed E-state index contributed by atoms with van der Waals surface area (Å²) in [6.07, 6.45) is -3.95. The van der Waals surface area contributed by atoms with Gasteiger partial charge in [-0.25, -0.2) is 21.9 Å². The number of sulfonamides is 1. The molecule has 192 valence electrons. The summed E-state index contributed by atoms with van der Waals surface area (Å²) in [6.45, 7) is 0. The number of carbonyl (C=O) groups excluding carboxylic acids is 2. The van der Waals surface area contributed by atoms with Crippen molar-refractivity contribution in [1.82, 2.24) is 4.72 Å². The number of nitrogens with one attached hydrogen (secondary N) is 1. The van der Waals surface area contributed by atoms with Crippen molar-refractivity contribution < 1.29 is 36.3 Å². The quantitative estimate of drug-likeness (QED) is 0.468. The molecule has 0 unspecified atom stereocenters. The first kappa shape index (κ1) is 26.6. The predicted octanol–water partition coefficient (Wildman–Crippen LogP) is 4.11. The van der Waals surface area contributed by atoms with E-state index in [9.17, 15) is 26.8 Å². The lowest BCUT2D eigenvalue weighted by molar-refractivity contribution is -0.124. The Kier molecular flexibility index (Phi) is 7.76. The molecule has 1 fully saturated rings. The predicted molar refractivity (Wildman–Crippen MR) is 132 cm³/mol. The number of carbonyl (C=O) groups is 2. The number of benzene rings is 2. The summed E-state index contributed by atoms with van der Waals surface area (Å²) in [5, 5.41) is 3.83. The van der Waals surface area contributed by atoms with Crippen molar-refractivity contribution in [3.05, 3.63) is 40.4 Å². The van der Waals surface area contributed by atoms with Crippen molar-refractivity contribution >= 4 is 68.1 Å². The maximum absolute atomic E-state index is 13.1. The first-order chi connectivity index (χ1) is 17.0. The van der Waals surface area contributed by atoms with Crippen molar-refractivity contribution in [3.8, 4) is 17.2 Å². The van der Waals surface area contributed by atoms with Gasteiger partial charge in [0.2, 0.25) is 10.0 Å². The topological polar surface area (TPSA) is 114 Å². The van der Waals surface area contributed by atoms with Crippen molar-refractivity contribution in [2.45, 2.75) is 23.8 Å². The Morgan fingerprint density at radius 1 is 1.17 bits per heavy atom. The number of methoxy groups -OCH3 is 1. The Balaban J connectivity index is 1.65. The lowest BCUT2D eigenvalue weighted by atomic mass is 10.1. The van der Waals surface area contributed by atoms with E-state index >= 15 is 0 Å². The highest BCUT2D eigenvalue weighted by atomic mass is 35.5. The molecule has 1 N–H and O–H groups in total. The number of anilines is 1. The second-order valence-electron chi connectivity index (χ2n) is 7.60. The van der Waals surface area contributed by atoms with Gasteiger partial charge < -0.3 is 9.47 Å². The molecule has 0 atom stereocenters. The number of thioether (sulfide) groups is 1. The number of halogens is 4. The van der Waals surface area contributed by atoms with Crippen LogP contribution < -0.4 is 19.2 Å². The number of alkyl halides is 2. The molecule has 0 spiro atoms. The molecule has 0 radical (unpaired) electrons. The van der Waals surface area contributed by atoms with Crippen LogP contribution in [-0.2, 0) is 19.6 Å². The Hall–Kier alpha value is -2.45. The van der Waals surface area contributed by atoms with Gasteiger partial charge in [-0.15, -0.1) is 0 Å². The van der Waals surface area contributed by atoms with Crippen LogP contribution in [0, 0.1) is 0 Å². The number of hydrogen-bond donors (Lipinski definition) is 1. The van der Waals surface area contributed by atoms with Gasteiger partial charge >= 0.3 is 0 Å². The van der Waals surface area contributed by atoms with Crippen molar-refractivity contribution in [1.29, 1.82) is 0 Å². The number of ether oxygens (including phenoxy) is 2. The van der Waals surface area contributed by atoms with Crippen LogP contribution in [0.25, 0.3) is 0 Å². The smallest absolute Gasteiger partial charge is 0.285 e. The number of nitrogens with zero attached hydrogens (tertiary/aromatic N) is 2. The zero-order chi connectivity index (χ0) is 26.2.